The summed E-state index contributed by atoms with van der Waals surface area (Å²) in [6, 6.07) is 0.559. The average Bonchev–Trinajstić information content (AvgIpc) is 2.49. The van der Waals surface area contributed by atoms with Gasteiger partial charge in [0.05, 0.1) is 4.83 Å². The highest BCUT2D eigenvalue weighted by Gasteiger charge is 2.34. The molecule has 0 aromatic rings. The van der Waals surface area contributed by atoms with E-state index < -0.39 is 0 Å². The maximum absolute atomic E-state index is 11.7. The fraction of sp³-hybridized carbons (Fsp3) is 0.900. The normalized spacial score (nSPS) is 31.3. The molecule has 2 rings (SSSR count). The number of hydrogen-bond donors (Lipinski definition) is 0. The number of carbonyl (C=O) groups excluding carboxylic acids is 1. The van der Waals surface area contributed by atoms with Crippen molar-refractivity contribution >= 4 is 21.8 Å². The third-order valence-corrected chi connectivity index (χ3v) is 4.04. The molecule has 0 aromatic heterocycles. The Morgan fingerprint density at radius 2 is 1.85 bits per heavy atom. The van der Waals surface area contributed by atoms with Crippen molar-refractivity contribution < 1.29 is 4.79 Å². The SMILES string of the molecule is O=C1[C@H](Br)CCN1C1CCCCC1. The lowest BCUT2D eigenvalue weighted by Crippen LogP contribution is -2.38. The summed E-state index contributed by atoms with van der Waals surface area (Å²) in [7, 11) is 0. The van der Waals surface area contributed by atoms with Gasteiger partial charge in [0, 0.05) is 12.6 Å². The van der Waals surface area contributed by atoms with E-state index in [2.05, 4.69) is 20.8 Å². The second-order valence-corrected chi connectivity index (χ2v) is 5.18. The quantitative estimate of drug-likeness (QED) is 0.650. The van der Waals surface area contributed by atoms with Gasteiger partial charge in [-0.3, -0.25) is 4.79 Å². The summed E-state index contributed by atoms with van der Waals surface area (Å²) in [4.78, 5) is 13.9. The minimum Gasteiger partial charge on any atom is -0.339 e. The van der Waals surface area contributed by atoms with Gasteiger partial charge >= 0.3 is 0 Å². The standard InChI is InChI=1S/C10H16BrNO/c11-9-6-7-12(10(9)13)8-4-2-1-3-5-8/h8-9H,1-7H2/t9-/m1/s1. The second kappa shape index (κ2) is 3.99. The van der Waals surface area contributed by atoms with Gasteiger partial charge in [-0.2, -0.15) is 0 Å². The Morgan fingerprint density at radius 1 is 1.15 bits per heavy atom. The summed E-state index contributed by atoms with van der Waals surface area (Å²) in [5.41, 5.74) is 0. The van der Waals surface area contributed by atoms with Crippen molar-refractivity contribution in [2.45, 2.75) is 49.4 Å². The molecule has 0 aromatic carbocycles. The molecule has 1 atom stereocenters. The third-order valence-electron chi connectivity index (χ3n) is 3.19. The average molecular weight is 246 g/mol. The molecule has 1 saturated heterocycles. The first-order chi connectivity index (χ1) is 6.29. The number of carbonyl (C=O) groups is 1. The van der Waals surface area contributed by atoms with Crippen LogP contribution in [0.25, 0.3) is 0 Å². The summed E-state index contributed by atoms with van der Waals surface area (Å²) in [6.07, 6.45) is 7.42. The van der Waals surface area contributed by atoms with Gasteiger partial charge in [0.15, 0.2) is 0 Å². The largest absolute Gasteiger partial charge is 0.339 e. The number of hydrogen-bond acceptors (Lipinski definition) is 1. The fourth-order valence-electron chi connectivity index (χ4n) is 2.42. The van der Waals surface area contributed by atoms with Gasteiger partial charge in [-0.15, -0.1) is 0 Å². The molecule has 2 nitrogen and oxygen atoms in total. The summed E-state index contributed by atoms with van der Waals surface area (Å²) in [6.45, 7) is 0.972. The van der Waals surface area contributed by atoms with Crippen LogP contribution in [0.4, 0.5) is 0 Å². The van der Waals surface area contributed by atoms with Crippen LogP contribution in [0, 0.1) is 0 Å². The van der Waals surface area contributed by atoms with E-state index in [4.69, 9.17) is 0 Å². The summed E-state index contributed by atoms with van der Waals surface area (Å²) >= 11 is 3.42. The highest BCUT2D eigenvalue weighted by molar-refractivity contribution is 9.10. The van der Waals surface area contributed by atoms with Crippen LogP contribution in [0.3, 0.4) is 0 Å². The van der Waals surface area contributed by atoms with Crippen molar-refractivity contribution in [3.63, 3.8) is 0 Å². The van der Waals surface area contributed by atoms with Crippen molar-refractivity contribution in [2.24, 2.45) is 0 Å². The number of alkyl halides is 1. The summed E-state index contributed by atoms with van der Waals surface area (Å²) in [5.74, 6) is 0.326. The Balaban J connectivity index is 1.96. The van der Waals surface area contributed by atoms with E-state index in [1.54, 1.807) is 0 Å². The number of halogens is 1. The minimum atomic E-state index is 0.106. The lowest BCUT2D eigenvalue weighted by Gasteiger charge is -2.30. The Labute approximate surface area is 87.8 Å². The molecule has 1 amide bonds. The first-order valence-electron chi connectivity index (χ1n) is 5.23. The molecule has 1 saturated carbocycles. The van der Waals surface area contributed by atoms with E-state index in [9.17, 15) is 4.79 Å². The fourth-order valence-corrected chi connectivity index (χ4v) is 2.89. The highest BCUT2D eigenvalue weighted by Crippen LogP contribution is 2.28. The maximum atomic E-state index is 11.7. The molecule has 0 bridgehead atoms. The Bertz CT molecular complexity index is 201. The Morgan fingerprint density at radius 3 is 2.38 bits per heavy atom. The van der Waals surface area contributed by atoms with Crippen LogP contribution in [0.15, 0.2) is 0 Å². The van der Waals surface area contributed by atoms with E-state index in [1.807, 2.05) is 0 Å². The monoisotopic (exact) mass is 245 g/mol. The van der Waals surface area contributed by atoms with E-state index >= 15 is 0 Å². The lowest BCUT2D eigenvalue weighted by molar-refractivity contribution is -0.129. The van der Waals surface area contributed by atoms with Gasteiger partial charge in [-0.25, -0.2) is 0 Å². The highest BCUT2D eigenvalue weighted by atomic mass is 79.9. The molecule has 1 aliphatic heterocycles. The molecular weight excluding hydrogens is 230 g/mol. The van der Waals surface area contributed by atoms with Crippen LogP contribution in [-0.4, -0.2) is 28.2 Å². The lowest BCUT2D eigenvalue weighted by atomic mass is 9.94. The molecule has 1 aliphatic carbocycles. The molecule has 1 heterocycles. The Hall–Kier alpha value is -0.0500. The van der Waals surface area contributed by atoms with Crippen LogP contribution >= 0.6 is 15.9 Å². The van der Waals surface area contributed by atoms with Crippen LogP contribution in [0.5, 0.6) is 0 Å². The number of amides is 1. The maximum Gasteiger partial charge on any atom is 0.236 e. The summed E-state index contributed by atoms with van der Waals surface area (Å²) in [5, 5.41) is 0. The van der Waals surface area contributed by atoms with Crippen molar-refractivity contribution in [3.05, 3.63) is 0 Å². The van der Waals surface area contributed by atoms with Crippen molar-refractivity contribution in [2.75, 3.05) is 6.54 Å². The van der Waals surface area contributed by atoms with Gasteiger partial charge in [0.25, 0.3) is 0 Å². The van der Waals surface area contributed by atoms with E-state index in [1.165, 1.54) is 32.1 Å². The number of likely N-dealkylation sites (tertiary alicyclic amines) is 1. The molecule has 0 unspecified atom stereocenters. The minimum absolute atomic E-state index is 0.106. The molecule has 13 heavy (non-hydrogen) atoms. The number of rotatable bonds is 1. The van der Waals surface area contributed by atoms with Gasteiger partial charge in [-0.1, -0.05) is 35.2 Å². The topological polar surface area (TPSA) is 20.3 Å². The smallest absolute Gasteiger partial charge is 0.236 e. The van der Waals surface area contributed by atoms with Crippen molar-refractivity contribution in [3.8, 4) is 0 Å². The van der Waals surface area contributed by atoms with E-state index in [-0.39, 0.29) is 4.83 Å². The number of nitrogens with zero attached hydrogens (tertiary/aromatic N) is 1. The van der Waals surface area contributed by atoms with Gasteiger partial charge in [-0.05, 0) is 19.3 Å². The van der Waals surface area contributed by atoms with E-state index in [0.29, 0.717) is 11.9 Å². The van der Waals surface area contributed by atoms with Crippen LogP contribution in [0.2, 0.25) is 0 Å². The van der Waals surface area contributed by atoms with Crippen molar-refractivity contribution in [1.29, 1.82) is 0 Å². The predicted octanol–water partition coefficient (Wildman–Crippen LogP) is 2.31. The van der Waals surface area contributed by atoms with Gasteiger partial charge < -0.3 is 4.90 Å². The van der Waals surface area contributed by atoms with Crippen molar-refractivity contribution in [1.82, 2.24) is 4.90 Å². The first kappa shape index (κ1) is 9.50. The summed E-state index contributed by atoms with van der Waals surface area (Å²) < 4.78 is 0. The Kier molecular flexibility index (Phi) is 2.92. The van der Waals surface area contributed by atoms with Crippen LogP contribution < -0.4 is 0 Å². The molecule has 2 fully saturated rings. The van der Waals surface area contributed by atoms with E-state index in [0.717, 1.165) is 13.0 Å². The molecule has 0 spiro atoms. The molecule has 74 valence electrons. The van der Waals surface area contributed by atoms with Crippen LogP contribution in [0.1, 0.15) is 38.5 Å². The zero-order valence-electron chi connectivity index (χ0n) is 7.84. The second-order valence-electron chi connectivity index (χ2n) is 4.08. The molecular formula is C10H16BrNO. The zero-order chi connectivity index (χ0) is 9.26. The van der Waals surface area contributed by atoms with Gasteiger partial charge in [0.2, 0.25) is 5.91 Å². The third kappa shape index (κ3) is 1.90. The molecule has 0 N–H and O–H groups in total. The predicted molar refractivity (Wildman–Crippen MR) is 55.9 cm³/mol. The molecule has 2 aliphatic rings. The molecule has 0 radical (unpaired) electrons. The zero-order valence-corrected chi connectivity index (χ0v) is 9.42. The molecule has 3 heteroatoms. The van der Waals surface area contributed by atoms with Crippen LogP contribution in [-0.2, 0) is 4.79 Å². The van der Waals surface area contributed by atoms with Gasteiger partial charge in [0.1, 0.15) is 0 Å². The first-order valence-corrected chi connectivity index (χ1v) is 6.15.